The summed E-state index contributed by atoms with van der Waals surface area (Å²) in [5.41, 5.74) is 3.09. The second-order valence-electron chi connectivity index (χ2n) is 6.92. The lowest BCUT2D eigenvalue weighted by molar-refractivity contribution is -2.00. The van der Waals surface area contributed by atoms with E-state index in [-0.39, 0.29) is 6.10 Å². The molecular weight excluding hydrogens is 433 g/mol. The highest BCUT2D eigenvalue weighted by Crippen LogP contribution is 2.23. The standard InChI is InChI=1S/C21H20ClNO2.ClHO4/c1-14-4-9-20-18(11-14)19(23-13-17-3-2-10-24-17)12-21(25-20)15-5-7-16(22)8-6-15;2-1(3,4)5/h4-9,11-12,17H,2-3,10,13H2,1H3;(H,2,3,4,5). The van der Waals surface area contributed by atoms with Gasteiger partial charge in [0, 0.05) is 17.2 Å². The summed E-state index contributed by atoms with van der Waals surface area (Å²) in [6.07, 6.45) is 2.55. The van der Waals surface area contributed by atoms with Crippen molar-refractivity contribution in [1.82, 2.24) is 0 Å². The van der Waals surface area contributed by atoms with Crippen molar-refractivity contribution >= 4 is 22.6 Å². The molecule has 1 aliphatic rings. The maximum absolute atomic E-state index is 8.49. The van der Waals surface area contributed by atoms with Crippen LogP contribution in [0.2, 0.25) is 5.02 Å². The van der Waals surface area contributed by atoms with Crippen molar-refractivity contribution in [3.63, 3.8) is 0 Å². The van der Waals surface area contributed by atoms with Gasteiger partial charge in [0.25, 0.3) is 0 Å². The fraction of sp³-hybridized carbons (Fsp3) is 0.286. The van der Waals surface area contributed by atoms with Gasteiger partial charge in [0.05, 0.1) is 11.5 Å². The van der Waals surface area contributed by atoms with Crippen LogP contribution < -0.4 is 29.0 Å². The fourth-order valence-corrected chi connectivity index (χ4v) is 3.36. The summed E-state index contributed by atoms with van der Waals surface area (Å²) in [6, 6.07) is 16.0. The highest BCUT2D eigenvalue weighted by atomic mass is 35.7. The molecule has 160 valence electrons. The molecule has 0 spiro atoms. The van der Waals surface area contributed by atoms with E-state index in [0.29, 0.717) is 0 Å². The van der Waals surface area contributed by atoms with Crippen LogP contribution in [0.5, 0.6) is 0 Å². The average Bonchev–Trinajstić information content (AvgIpc) is 3.19. The zero-order valence-electron chi connectivity index (χ0n) is 16.2. The highest BCUT2D eigenvalue weighted by Gasteiger charge is 2.18. The molecule has 2 aromatic carbocycles. The summed E-state index contributed by atoms with van der Waals surface area (Å²) in [6.45, 7) is 3.77. The van der Waals surface area contributed by atoms with Crippen molar-refractivity contribution in [3.8, 4) is 11.3 Å². The van der Waals surface area contributed by atoms with Crippen LogP contribution in [0, 0.1) is 17.2 Å². The van der Waals surface area contributed by atoms with Crippen molar-refractivity contribution in [2.75, 3.05) is 13.2 Å². The highest BCUT2D eigenvalue weighted by molar-refractivity contribution is 6.30. The van der Waals surface area contributed by atoms with E-state index in [9.17, 15) is 0 Å². The summed E-state index contributed by atoms with van der Waals surface area (Å²) in [5, 5.41) is 2.89. The number of ether oxygens (including phenoxy) is 1. The third kappa shape index (κ3) is 6.78. The number of nitrogens with one attached hydrogen (secondary N) is 1. The third-order valence-corrected chi connectivity index (χ3v) is 4.85. The minimum atomic E-state index is -4.94. The van der Waals surface area contributed by atoms with E-state index < -0.39 is 10.2 Å². The largest absolute Gasteiger partial charge is 0.456 e. The number of fused-ring (bicyclic) bond motifs is 1. The van der Waals surface area contributed by atoms with E-state index in [0.717, 1.165) is 58.7 Å². The van der Waals surface area contributed by atoms with Gasteiger partial charge in [-0.05, 0) is 56.2 Å². The molecule has 1 saturated heterocycles. The smallest absolute Gasteiger partial charge is 0.213 e. The molecule has 2 heterocycles. The van der Waals surface area contributed by atoms with Crippen LogP contribution in [0.15, 0.2) is 52.9 Å². The summed E-state index contributed by atoms with van der Waals surface area (Å²) in [5.74, 6) is 0.822. The molecule has 7 nitrogen and oxygen atoms in total. The van der Waals surface area contributed by atoms with Gasteiger partial charge in [0.1, 0.15) is 17.4 Å². The molecule has 0 saturated carbocycles. The molecule has 0 amide bonds. The van der Waals surface area contributed by atoms with Gasteiger partial charge in [-0.1, -0.05) is 23.2 Å². The summed E-state index contributed by atoms with van der Waals surface area (Å²) in [4.78, 5) is 3.57. The maximum Gasteiger partial charge on any atom is 0.213 e. The Morgan fingerprint density at radius 1 is 1.07 bits per heavy atom. The normalized spacial score (nSPS) is 17.1. The monoisotopic (exact) mass is 453 g/mol. The molecule has 1 N–H and O–H groups in total. The lowest BCUT2D eigenvalue weighted by atomic mass is 10.1. The van der Waals surface area contributed by atoms with Gasteiger partial charge < -0.3 is 9.15 Å². The lowest BCUT2D eigenvalue weighted by Crippen LogP contribution is -2.79. The fourth-order valence-electron chi connectivity index (χ4n) is 3.23. The zero-order valence-corrected chi connectivity index (χ0v) is 17.7. The van der Waals surface area contributed by atoms with Crippen molar-refractivity contribution in [2.45, 2.75) is 25.9 Å². The van der Waals surface area contributed by atoms with Crippen LogP contribution in [-0.4, -0.2) is 19.3 Å². The minimum Gasteiger partial charge on any atom is -0.456 e. The topological polar surface area (TPSA) is 129 Å². The summed E-state index contributed by atoms with van der Waals surface area (Å²) >= 11 is 6.01. The number of hydrogen-bond donors (Lipinski definition) is 1. The van der Waals surface area contributed by atoms with Crippen LogP contribution in [0.4, 0.5) is 0 Å². The first-order chi connectivity index (χ1) is 14.2. The molecule has 3 aromatic rings. The minimum absolute atomic E-state index is 0.288. The number of hydrogen-bond acceptors (Lipinski definition) is 6. The quantitative estimate of drug-likeness (QED) is 0.511. The van der Waals surface area contributed by atoms with Crippen molar-refractivity contribution in [1.29, 1.82) is 0 Å². The summed E-state index contributed by atoms with van der Waals surface area (Å²) < 4.78 is 45.9. The Bertz CT molecular complexity index is 1050. The van der Waals surface area contributed by atoms with E-state index >= 15 is 0 Å². The average molecular weight is 454 g/mol. The first-order valence-corrected chi connectivity index (χ1v) is 10.9. The van der Waals surface area contributed by atoms with Gasteiger partial charge >= 0.3 is 0 Å². The van der Waals surface area contributed by atoms with Gasteiger partial charge in [0.15, 0.2) is 6.54 Å². The predicted octanol–water partition coefficient (Wildman–Crippen LogP) is -1.53. The van der Waals surface area contributed by atoms with Crippen molar-refractivity contribution in [3.05, 3.63) is 64.5 Å². The molecule has 1 unspecified atom stereocenters. The molecule has 9 heteroatoms. The SMILES string of the molecule is Cc1ccc2oc(-c3ccc(Cl)cc3)cc(=[NH+]CC3CCCO3)c2c1.[O-][Cl+3]([O-])([O-])[O-]. The van der Waals surface area contributed by atoms with Gasteiger partial charge in [-0.25, -0.2) is 23.6 Å². The van der Waals surface area contributed by atoms with Gasteiger partial charge in [-0.2, -0.15) is 0 Å². The van der Waals surface area contributed by atoms with Crippen molar-refractivity contribution < 1.29 is 43.0 Å². The second kappa shape index (κ2) is 9.89. The zero-order chi connectivity index (χ0) is 21.7. The van der Waals surface area contributed by atoms with Crippen molar-refractivity contribution in [2.24, 2.45) is 0 Å². The van der Waals surface area contributed by atoms with Crippen LogP contribution in [0.25, 0.3) is 22.3 Å². The van der Waals surface area contributed by atoms with Crippen LogP contribution >= 0.6 is 11.6 Å². The Morgan fingerprint density at radius 2 is 1.77 bits per heavy atom. The Balaban J connectivity index is 0.000000461. The molecular formula is C21H21Cl2NO6. The number of halogens is 2. The molecule has 1 aliphatic heterocycles. The Hall–Kier alpha value is -1.97. The molecule has 1 aromatic heterocycles. The molecule has 1 fully saturated rings. The Kier molecular flexibility index (Phi) is 7.49. The molecule has 4 rings (SSSR count). The Labute approximate surface area is 180 Å². The van der Waals surface area contributed by atoms with Gasteiger partial charge in [-0.3, -0.25) is 0 Å². The second-order valence-corrected chi connectivity index (χ2v) is 8.12. The molecule has 1 atom stereocenters. The van der Waals surface area contributed by atoms with E-state index in [1.807, 2.05) is 30.3 Å². The summed E-state index contributed by atoms with van der Waals surface area (Å²) in [7, 11) is -4.94. The van der Waals surface area contributed by atoms with Crippen LogP contribution in [0.1, 0.15) is 18.4 Å². The molecule has 30 heavy (non-hydrogen) atoms. The van der Waals surface area contributed by atoms with Gasteiger partial charge in [0.2, 0.25) is 5.36 Å². The van der Waals surface area contributed by atoms with E-state index in [1.165, 1.54) is 5.56 Å². The first kappa shape index (κ1) is 22.7. The van der Waals surface area contributed by atoms with E-state index in [1.54, 1.807) is 0 Å². The lowest BCUT2D eigenvalue weighted by Gasteiger charge is -2.17. The predicted molar refractivity (Wildman–Crippen MR) is 99.3 cm³/mol. The Morgan fingerprint density at radius 3 is 2.40 bits per heavy atom. The number of rotatable bonds is 3. The van der Waals surface area contributed by atoms with E-state index in [2.05, 4.69) is 30.1 Å². The molecule has 0 aliphatic carbocycles. The number of benzene rings is 2. The van der Waals surface area contributed by atoms with Gasteiger partial charge in [-0.15, -0.1) is 10.2 Å². The molecule has 0 bridgehead atoms. The maximum atomic E-state index is 8.49. The van der Waals surface area contributed by atoms with Crippen LogP contribution in [-0.2, 0) is 4.74 Å². The third-order valence-electron chi connectivity index (χ3n) is 4.59. The van der Waals surface area contributed by atoms with Crippen LogP contribution in [0.3, 0.4) is 0 Å². The number of aryl methyl sites for hydroxylation is 1. The first-order valence-electron chi connectivity index (χ1n) is 9.30. The van der Waals surface area contributed by atoms with E-state index in [4.69, 9.17) is 39.4 Å². The molecule has 0 radical (unpaired) electrons.